The molecule has 1 unspecified atom stereocenters. The summed E-state index contributed by atoms with van der Waals surface area (Å²) in [6.07, 6.45) is 1.14. The molecule has 5 heteroatoms. The quantitative estimate of drug-likeness (QED) is 0.671. The highest BCUT2D eigenvalue weighted by molar-refractivity contribution is 5.78. The number of phenols is 1. The Kier molecular flexibility index (Phi) is 4.60. The smallest absolute Gasteiger partial charge is 0.312 e. The summed E-state index contributed by atoms with van der Waals surface area (Å²) in [5, 5.41) is 9.61. The molecule has 0 amide bonds. The Morgan fingerprint density at radius 2 is 2.04 bits per heavy atom. The van der Waals surface area contributed by atoms with Gasteiger partial charge in [-0.05, 0) is 30.2 Å². The number of carbonyl (C=O) groups is 1. The van der Waals surface area contributed by atoms with E-state index in [1.807, 2.05) is 25.1 Å². The molecule has 0 bridgehead atoms. The summed E-state index contributed by atoms with van der Waals surface area (Å²) in [5.74, 6) is 1.35. The van der Waals surface area contributed by atoms with Gasteiger partial charge >= 0.3 is 5.97 Å². The van der Waals surface area contributed by atoms with Crippen LogP contribution in [0.3, 0.4) is 0 Å². The van der Waals surface area contributed by atoms with Crippen molar-refractivity contribution in [2.45, 2.75) is 25.7 Å². The van der Waals surface area contributed by atoms with Crippen LogP contribution in [-0.2, 0) is 4.79 Å². The van der Waals surface area contributed by atoms with Crippen molar-refractivity contribution in [3.8, 4) is 23.0 Å². The molecule has 0 aliphatic carbocycles. The van der Waals surface area contributed by atoms with E-state index in [-0.39, 0.29) is 24.1 Å². The maximum absolute atomic E-state index is 11.9. The van der Waals surface area contributed by atoms with Crippen LogP contribution in [0.4, 0.5) is 0 Å². The van der Waals surface area contributed by atoms with Crippen molar-refractivity contribution in [3.63, 3.8) is 0 Å². The van der Waals surface area contributed by atoms with Gasteiger partial charge in [0.1, 0.15) is 11.5 Å². The molecule has 24 heavy (non-hydrogen) atoms. The molecule has 0 saturated carbocycles. The molecule has 126 valence electrons. The van der Waals surface area contributed by atoms with Crippen molar-refractivity contribution in [1.29, 1.82) is 0 Å². The van der Waals surface area contributed by atoms with Gasteiger partial charge in [-0.3, -0.25) is 4.79 Å². The molecular weight excluding hydrogens is 308 g/mol. The standard InChI is InChI=1S/C19H20O5/c1-3-8-23-18-9-12(4-7-16(18)22-2)15-11-19(21)24-17-10-13(20)5-6-14(15)17/h4-7,9-10,15,20H,3,8,11H2,1-2H3. The van der Waals surface area contributed by atoms with E-state index in [1.54, 1.807) is 19.2 Å². The normalized spacial score (nSPS) is 16.2. The highest BCUT2D eigenvalue weighted by Crippen LogP contribution is 2.42. The van der Waals surface area contributed by atoms with E-state index in [4.69, 9.17) is 14.2 Å². The second-order valence-corrected chi connectivity index (χ2v) is 5.71. The maximum Gasteiger partial charge on any atom is 0.312 e. The molecule has 0 fully saturated rings. The predicted octanol–water partition coefficient (Wildman–Crippen LogP) is 3.63. The van der Waals surface area contributed by atoms with E-state index < -0.39 is 0 Å². The third kappa shape index (κ3) is 3.15. The van der Waals surface area contributed by atoms with E-state index in [1.165, 1.54) is 6.07 Å². The number of methoxy groups -OCH3 is 1. The van der Waals surface area contributed by atoms with Crippen LogP contribution in [0.1, 0.15) is 36.8 Å². The fraction of sp³-hybridized carbons (Fsp3) is 0.316. The summed E-state index contributed by atoms with van der Waals surface area (Å²) in [7, 11) is 1.60. The number of carbonyl (C=O) groups excluding carboxylic acids is 1. The molecule has 1 heterocycles. The summed E-state index contributed by atoms with van der Waals surface area (Å²) < 4.78 is 16.4. The zero-order chi connectivity index (χ0) is 17.1. The highest BCUT2D eigenvalue weighted by Gasteiger charge is 2.29. The van der Waals surface area contributed by atoms with E-state index >= 15 is 0 Å². The largest absolute Gasteiger partial charge is 0.508 e. The fourth-order valence-electron chi connectivity index (χ4n) is 2.87. The number of benzene rings is 2. The van der Waals surface area contributed by atoms with Crippen molar-refractivity contribution < 1.29 is 24.1 Å². The molecule has 0 radical (unpaired) electrons. The topological polar surface area (TPSA) is 65.0 Å². The third-order valence-electron chi connectivity index (χ3n) is 4.02. The summed E-state index contributed by atoms with van der Waals surface area (Å²) in [6, 6.07) is 10.5. The minimum atomic E-state index is -0.315. The number of fused-ring (bicyclic) bond motifs is 1. The zero-order valence-electron chi connectivity index (χ0n) is 13.7. The van der Waals surface area contributed by atoms with Crippen LogP contribution in [-0.4, -0.2) is 24.8 Å². The fourth-order valence-corrected chi connectivity index (χ4v) is 2.87. The first-order valence-electron chi connectivity index (χ1n) is 7.96. The molecule has 1 atom stereocenters. The highest BCUT2D eigenvalue weighted by atomic mass is 16.5. The Bertz CT molecular complexity index is 753. The Labute approximate surface area is 140 Å². The minimum absolute atomic E-state index is 0.0731. The number of rotatable bonds is 5. The molecule has 1 aliphatic heterocycles. The van der Waals surface area contributed by atoms with Crippen molar-refractivity contribution in [2.75, 3.05) is 13.7 Å². The van der Waals surface area contributed by atoms with Gasteiger partial charge in [-0.25, -0.2) is 0 Å². The van der Waals surface area contributed by atoms with Crippen LogP contribution < -0.4 is 14.2 Å². The monoisotopic (exact) mass is 328 g/mol. The SMILES string of the molecule is CCCOc1cc(C2CC(=O)Oc3cc(O)ccc32)ccc1OC. The molecule has 0 saturated heterocycles. The second kappa shape index (κ2) is 6.83. The number of esters is 1. The number of aromatic hydroxyl groups is 1. The average Bonchev–Trinajstić information content (AvgIpc) is 2.58. The summed E-state index contributed by atoms with van der Waals surface area (Å²) in [4.78, 5) is 11.9. The van der Waals surface area contributed by atoms with Crippen molar-refractivity contribution in [3.05, 3.63) is 47.5 Å². The van der Waals surface area contributed by atoms with Gasteiger partial charge in [-0.2, -0.15) is 0 Å². The lowest BCUT2D eigenvalue weighted by Gasteiger charge is -2.25. The van der Waals surface area contributed by atoms with Crippen molar-refractivity contribution in [2.24, 2.45) is 0 Å². The lowest BCUT2D eigenvalue weighted by molar-refractivity contribution is -0.135. The minimum Gasteiger partial charge on any atom is -0.508 e. The van der Waals surface area contributed by atoms with E-state index in [2.05, 4.69) is 0 Å². The number of phenolic OH excluding ortho intramolecular Hbond substituents is 1. The van der Waals surface area contributed by atoms with E-state index in [0.29, 0.717) is 23.9 Å². The van der Waals surface area contributed by atoms with E-state index in [9.17, 15) is 9.90 Å². The van der Waals surface area contributed by atoms with Gasteiger partial charge < -0.3 is 19.3 Å². The van der Waals surface area contributed by atoms with Gasteiger partial charge in [-0.1, -0.05) is 19.1 Å². The lowest BCUT2D eigenvalue weighted by Crippen LogP contribution is -2.21. The van der Waals surface area contributed by atoms with Gasteiger partial charge in [0, 0.05) is 17.5 Å². The van der Waals surface area contributed by atoms with Crippen LogP contribution in [0.25, 0.3) is 0 Å². The van der Waals surface area contributed by atoms with Gasteiger partial charge in [0.2, 0.25) is 0 Å². The van der Waals surface area contributed by atoms with Gasteiger partial charge in [-0.15, -0.1) is 0 Å². The number of ether oxygens (including phenoxy) is 3. The van der Waals surface area contributed by atoms with Crippen molar-refractivity contribution in [1.82, 2.24) is 0 Å². The molecule has 1 aliphatic rings. The number of hydrogen-bond donors (Lipinski definition) is 1. The Morgan fingerprint density at radius 3 is 2.79 bits per heavy atom. The van der Waals surface area contributed by atoms with Gasteiger partial charge in [0.25, 0.3) is 0 Å². The molecule has 2 aromatic carbocycles. The first kappa shape index (κ1) is 16.2. The molecular formula is C19H20O5. The summed E-state index contributed by atoms with van der Waals surface area (Å²) in [6.45, 7) is 2.63. The van der Waals surface area contributed by atoms with Gasteiger partial charge in [0.05, 0.1) is 20.1 Å². The van der Waals surface area contributed by atoms with E-state index in [0.717, 1.165) is 17.5 Å². The second-order valence-electron chi connectivity index (χ2n) is 5.71. The maximum atomic E-state index is 11.9. The molecule has 2 aromatic rings. The van der Waals surface area contributed by atoms with Crippen LogP contribution in [0, 0.1) is 0 Å². The average molecular weight is 328 g/mol. The first-order chi connectivity index (χ1) is 11.6. The lowest BCUT2D eigenvalue weighted by atomic mass is 9.86. The molecule has 3 rings (SSSR count). The third-order valence-corrected chi connectivity index (χ3v) is 4.02. The summed E-state index contributed by atoms with van der Waals surface area (Å²) in [5.41, 5.74) is 1.82. The predicted molar refractivity (Wildman–Crippen MR) is 89.0 cm³/mol. The summed E-state index contributed by atoms with van der Waals surface area (Å²) >= 11 is 0. The van der Waals surface area contributed by atoms with Crippen LogP contribution in [0.5, 0.6) is 23.0 Å². The molecule has 0 aromatic heterocycles. The van der Waals surface area contributed by atoms with Crippen molar-refractivity contribution >= 4 is 5.97 Å². The zero-order valence-corrected chi connectivity index (χ0v) is 13.7. The first-order valence-corrected chi connectivity index (χ1v) is 7.96. The Hall–Kier alpha value is -2.69. The number of hydrogen-bond acceptors (Lipinski definition) is 5. The Morgan fingerprint density at radius 1 is 1.21 bits per heavy atom. The van der Waals surface area contributed by atoms with Crippen LogP contribution in [0.15, 0.2) is 36.4 Å². The van der Waals surface area contributed by atoms with Crippen LogP contribution in [0.2, 0.25) is 0 Å². The van der Waals surface area contributed by atoms with Gasteiger partial charge in [0.15, 0.2) is 11.5 Å². The molecule has 1 N–H and O–H groups in total. The van der Waals surface area contributed by atoms with Crippen LogP contribution >= 0.6 is 0 Å². The molecule has 5 nitrogen and oxygen atoms in total. The molecule has 0 spiro atoms. The Balaban J connectivity index is 2.01.